The lowest BCUT2D eigenvalue weighted by Gasteiger charge is -2.35. The van der Waals surface area contributed by atoms with Crippen molar-refractivity contribution < 1.29 is 23.1 Å². The van der Waals surface area contributed by atoms with Crippen molar-refractivity contribution in [2.24, 2.45) is 0 Å². The number of carboxylic acid groups (broad SMARTS) is 1. The van der Waals surface area contributed by atoms with Crippen molar-refractivity contribution in [2.75, 3.05) is 11.4 Å². The number of pyridine rings is 1. The second-order valence-corrected chi connectivity index (χ2v) is 5.38. The van der Waals surface area contributed by atoms with Gasteiger partial charge >= 0.3 is 12.1 Å². The van der Waals surface area contributed by atoms with Gasteiger partial charge in [0, 0.05) is 12.7 Å². The third kappa shape index (κ3) is 2.66. The summed E-state index contributed by atoms with van der Waals surface area (Å²) >= 11 is 5.91. The SMILES string of the molecule is CCC1(C(=O)O)CCCN1c1ncc(C(F)(F)F)cc1Cl. The number of anilines is 1. The van der Waals surface area contributed by atoms with Crippen LogP contribution in [0.25, 0.3) is 0 Å². The summed E-state index contributed by atoms with van der Waals surface area (Å²) in [7, 11) is 0. The summed E-state index contributed by atoms with van der Waals surface area (Å²) in [4.78, 5) is 16.8. The molecule has 1 aliphatic heterocycles. The molecule has 2 heterocycles. The van der Waals surface area contributed by atoms with Crippen LogP contribution in [0.15, 0.2) is 12.3 Å². The Kier molecular flexibility index (Phi) is 4.06. The van der Waals surface area contributed by atoms with Crippen LogP contribution in [0.3, 0.4) is 0 Å². The third-order valence-electron chi connectivity index (χ3n) is 3.88. The van der Waals surface area contributed by atoms with Crippen molar-refractivity contribution >= 4 is 23.4 Å². The molecule has 0 saturated carbocycles. The molecule has 1 aromatic rings. The Morgan fingerprint density at radius 1 is 1.57 bits per heavy atom. The number of rotatable bonds is 3. The van der Waals surface area contributed by atoms with E-state index in [1.165, 1.54) is 4.90 Å². The van der Waals surface area contributed by atoms with Crippen LogP contribution in [0.1, 0.15) is 31.7 Å². The quantitative estimate of drug-likeness (QED) is 0.924. The van der Waals surface area contributed by atoms with Gasteiger partial charge in [0.15, 0.2) is 0 Å². The molecule has 0 spiro atoms. The van der Waals surface area contributed by atoms with Gasteiger partial charge in [0.25, 0.3) is 0 Å². The van der Waals surface area contributed by atoms with Crippen LogP contribution in [-0.2, 0) is 11.0 Å². The van der Waals surface area contributed by atoms with E-state index in [0.29, 0.717) is 32.0 Å². The molecule has 0 aliphatic carbocycles. The lowest BCUT2D eigenvalue weighted by atomic mass is 9.93. The zero-order valence-electron chi connectivity index (χ0n) is 11.2. The number of alkyl halides is 3. The zero-order chi connectivity index (χ0) is 15.8. The minimum absolute atomic E-state index is 0.0893. The summed E-state index contributed by atoms with van der Waals surface area (Å²) in [6, 6.07) is 0.782. The summed E-state index contributed by atoms with van der Waals surface area (Å²) < 4.78 is 37.9. The summed E-state index contributed by atoms with van der Waals surface area (Å²) in [5, 5.41) is 9.29. The molecule has 1 fully saturated rings. The lowest BCUT2D eigenvalue weighted by Crippen LogP contribution is -2.50. The van der Waals surface area contributed by atoms with E-state index in [-0.39, 0.29) is 10.8 Å². The fourth-order valence-electron chi connectivity index (χ4n) is 2.71. The van der Waals surface area contributed by atoms with Crippen LogP contribution < -0.4 is 4.90 Å². The van der Waals surface area contributed by atoms with E-state index >= 15 is 0 Å². The standard InChI is InChI=1S/C13H14ClF3N2O2/c1-2-12(11(20)21)4-3-5-19(12)10-9(14)6-8(7-18-10)13(15,16)17/h6-7H,2-5H2,1H3,(H,20,21). The Labute approximate surface area is 124 Å². The highest BCUT2D eigenvalue weighted by molar-refractivity contribution is 6.33. The van der Waals surface area contributed by atoms with Crippen molar-refractivity contribution in [3.05, 3.63) is 22.8 Å². The van der Waals surface area contributed by atoms with E-state index in [2.05, 4.69) is 4.98 Å². The van der Waals surface area contributed by atoms with E-state index in [4.69, 9.17) is 11.6 Å². The van der Waals surface area contributed by atoms with E-state index in [0.717, 1.165) is 6.07 Å². The van der Waals surface area contributed by atoms with Crippen LogP contribution in [0.5, 0.6) is 0 Å². The molecule has 0 radical (unpaired) electrons. The number of hydrogen-bond donors (Lipinski definition) is 1. The molecule has 1 saturated heterocycles. The maximum atomic E-state index is 12.6. The van der Waals surface area contributed by atoms with Gasteiger partial charge in [-0.1, -0.05) is 18.5 Å². The van der Waals surface area contributed by atoms with Gasteiger partial charge in [-0.3, -0.25) is 0 Å². The molecule has 8 heteroatoms. The molecule has 0 amide bonds. The summed E-state index contributed by atoms with van der Waals surface area (Å²) in [6.45, 7) is 2.13. The second kappa shape index (κ2) is 5.36. The summed E-state index contributed by atoms with van der Waals surface area (Å²) in [5.41, 5.74) is -2.11. The van der Waals surface area contributed by atoms with Gasteiger partial charge in [0.05, 0.1) is 10.6 Å². The van der Waals surface area contributed by atoms with E-state index < -0.39 is 23.2 Å². The largest absolute Gasteiger partial charge is 0.479 e. The second-order valence-electron chi connectivity index (χ2n) is 4.97. The molecular weight excluding hydrogens is 309 g/mol. The van der Waals surface area contributed by atoms with Crippen molar-refractivity contribution in [1.82, 2.24) is 4.98 Å². The van der Waals surface area contributed by atoms with Crippen LogP contribution in [-0.4, -0.2) is 28.1 Å². The summed E-state index contributed by atoms with van der Waals surface area (Å²) in [5.74, 6) is -0.924. The van der Waals surface area contributed by atoms with Gasteiger partial charge in [-0.2, -0.15) is 13.2 Å². The normalized spacial score (nSPS) is 22.6. The maximum Gasteiger partial charge on any atom is 0.417 e. The zero-order valence-corrected chi connectivity index (χ0v) is 12.0. The molecule has 0 aromatic carbocycles. The molecule has 1 aromatic heterocycles. The Balaban J connectivity index is 2.44. The van der Waals surface area contributed by atoms with Crippen molar-refractivity contribution in [3.8, 4) is 0 Å². The molecule has 0 bridgehead atoms. The highest BCUT2D eigenvalue weighted by atomic mass is 35.5. The first-order valence-electron chi connectivity index (χ1n) is 6.46. The molecule has 2 rings (SSSR count). The van der Waals surface area contributed by atoms with Crippen molar-refractivity contribution in [3.63, 3.8) is 0 Å². The van der Waals surface area contributed by atoms with Gasteiger partial charge in [-0.25, -0.2) is 9.78 Å². The van der Waals surface area contributed by atoms with Gasteiger partial charge in [-0.15, -0.1) is 0 Å². The monoisotopic (exact) mass is 322 g/mol. The molecule has 116 valence electrons. The fourth-order valence-corrected chi connectivity index (χ4v) is 2.98. The van der Waals surface area contributed by atoms with Crippen molar-refractivity contribution in [2.45, 2.75) is 37.9 Å². The smallest absolute Gasteiger partial charge is 0.417 e. The van der Waals surface area contributed by atoms with E-state index in [1.807, 2.05) is 0 Å². The van der Waals surface area contributed by atoms with Crippen LogP contribution in [0.2, 0.25) is 5.02 Å². The molecule has 1 N–H and O–H groups in total. The lowest BCUT2D eigenvalue weighted by molar-refractivity contribution is -0.143. The number of aliphatic carboxylic acids is 1. The van der Waals surface area contributed by atoms with Gasteiger partial charge in [0.2, 0.25) is 0 Å². The molecule has 1 unspecified atom stereocenters. The Morgan fingerprint density at radius 2 is 2.24 bits per heavy atom. The first kappa shape index (κ1) is 15.9. The average Bonchev–Trinajstić information content (AvgIpc) is 2.82. The Morgan fingerprint density at radius 3 is 2.71 bits per heavy atom. The summed E-state index contributed by atoms with van der Waals surface area (Å²) in [6.07, 6.45) is -2.49. The van der Waals surface area contributed by atoms with Crippen molar-refractivity contribution in [1.29, 1.82) is 0 Å². The fraction of sp³-hybridized carbons (Fsp3) is 0.538. The number of aromatic nitrogens is 1. The number of nitrogens with zero attached hydrogens (tertiary/aromatic N) is 2. The number of halogens is 4. The molecule has 21 heavy (non-hydrogen) atoms. The van der Waals surface area contributed by atoms with Gasteiger partial charge < -0.3 is 10.0 Å². The van der Waals surface area contributed by atoms with E-state index in [9.17, 15) is 23.1 Å². The van der Waals surface area contributed by atoms with E-state index in [1.54, 1.807) is 6.92 Å². The van der Waals surface area contributed by atoms with Crippen LogP contribution in [0, 0.1) is 0 Å². The minimum Gasteiger partial charge on any atom is -0.479 e. The van der Waals surface area contributed by atoms with Crippen LogP contribution in [0.4, 0.5) is 19.0 Å². The Hall–Kier alpha value is -1.50. The average molecular weight is 323 g/mol. The molecule has 1 aliphatic rings. The van der Waals surface area contributed by atoms with Crippen LogP contribution >= 0.6 is 11.6 Å². The predicted molar refractivity (Wildman–Crippen MR) is 71.5 cm³/mol. The third-order valence-corrected chi connectivity index (χ3v) is 4.15. The predicted octanol–water partition coefficient (Wildman–Crippen LogP) is 3.59. The number of hydrogen-bond acceptors (Lipinski definition) is 3. The number of carboxylic acids is 1. The molecule has 4 nitrogen and oxygen atoms in total. The minimum atomic E-state index is -4.53. The first-order chi connectivity index (χ1) is 9.72. The number of carbonyl (C=O) groups is 1. The van der Waals surface area contributed by atoms with Gasteiger partial charge in [0.1, 0.15) is 11.4 Å². The first-order valence-corrected chi connectivity index (χ1v) is 6.84. The highest BCUT2D eigenvalue weighted by Gasteiger charge is 2.47. The van der Waals surface area contributed by atoms with Gasteiger partial charge in [-0.05, 0) is 25.3 Å². The highest BCUT2D eigenvalue weighted by Crippen LogP contribution is 2.40. The maximum absolute atomic E-state index is 12.6. The molecule has 1 atom stereocenters. The Bertz CT molecular complexity index is 565. The topological polar surface area (TPSA) is 53.4 Å². The molecular formula is C13H14ClF3N2O2.